The number of ether oxygens (including phenoxy) is 2. The van der Waals surface area contributed by atoms with Gasteiger partial charge < -0.3 is 20.1 Å². The SMILES string of the molecule is O=C(CCCOc1ccccc1Br)Nc1ccc(NC(=O)CN2CCOCC2)cc1. The number of para-hydroxylation sites is 1. The Morgan fingerprint density at radius 1 is 0.967 bits per heavy atom. The zero-order valence-electron chi connectivity index (χ0n) is 16.7. The summed E-state index contributed by atoms with van der Waals surface area (Å²) in [5, 5.41) is 5.74. The molecule has 1 fully saturated rings. The van der Waals surface area contributed by atoms with Gasteiger partial charge in [-0.1, -0.05) is 12.1 Å². The molecule has 0 saturated carbocycles. The average Bonchev–Trinajstić information content (AvgIpc) is 2.74. The van der Waals surface area contributed by atoms with Crippen LogP contribution in [0.5, 0.6) is 5.75 Å². The summed E-state index contributed by atoms with van der Waals surface area (Å²) in [6.45, 7) is 3.68. The third-order valence-electron chi connectivity index (χ3n) is 4.57. The number of hydrogen-bond donors (Lipinski definition) is 2. The molecule has 0 radical (unpaired) electrons. The summed E-state index contributed by atoms with van der Waals surface area (Å²) >= 11 is 3.43. The summed E-state index contributed by atoms with van der Waals surface area (Å²) in [5.41, 5.74) is 1.39. The van der Waals surface area contributed by atoms with Gasteiger partial charge in [-0.2, -0.15) is 0 Å². The number of benzene rings is 2. The van der Waals surface area contributed by atoms with Crippen LogP contribution in [0.3, 0.4) is 0 Å². The fraction of sp³-hybridized carbons (Fsp3) is 0.364. The van der Waals surface area contributed by atoms with Crippen LogP contribution < -0.4 is 15.4 Å². The topological polar surface area (TPSA) is 79.9 Å². The second kappa shape index (κ2) is 11.7. The first-order chi connectivity index (χ1) is 14.6. The lowest BCUT2D eigenvalue weighted by atomic mass is 10.2. The Kier molecular flexibility index (Phi) is 8.67. The smallest absolute Gasteiger partial charge is 0.238 e. The molecule has 1 heterocycles. The molecule has 0 atom stereocenters. The van der Waals surface area contributed by atoms with Crippen molar-refractivity contribution < 1.29 is 19.1 Å². The van der Waals surface area contributed by atoms with Crippen molar-refractivity contribution in [2.24, 2.45) is 0 Å². The number of rotatable bonds is 9. The van der Waals surface area contributed by atoms with Gasteiger partial charge in [-0.05, 0) is 58.7 Å². The summed E-state index contributed by atoms with van der Waals surface area (Å²) in [6.07, 6.45) is 0.978. The lowest BCUT2D eigenvalue weighted by molar-refractivity contribution is -0.118. The molecular formula is C22H26BrN3O4. The highest BCUT2D eigenvalue weighted by atomic mass is 79.9. The number of nitrogens with one attached hydrogen (secondary N) is 2. The molecule has 2 aromatic rings. The number of halogens is 1. The maximum Gasteiger partial charge on any atom is 0.238 e. The largest absolute Gasteiger partial charge is 0.492 e. The number of anilines is 2. The van der Waals surface area contributed by atoms with Gasteiger partial charge in [0.05, 0.1) is 30.8 Å². The van der Waals surface area contributed by atoms with E-state index in [-0.39, 0.29) is 11.8 Å². The quantitative estimate of drug-likeness (QED) is 0.542. The van der Waals surface area contributed by atoms with Crippen LogP contribution in [-0.2, 0) is 14.3 Å². The molecular weight excluding hydrogens is 450 g/mol. The third-order valence-corrected chi connectivity index (χ3v) is 5.22. The van der Waals surface area contributed by atoms with Crippen molar-refractivity contribution in [3.05, 3.63) is 53.0 Å². The Morgan fingerprint density at radius 3 is 2.27 bits per heavy atom. The molecule has 30 heavy (non-hydrogen) atoms. The first-order valence-electron chi connectivity index (χ1n) is 9.97. The molecule has 0 spiro atoms. The van der Waals surface area contributed by atoms with E-state index in [9.17, 15) is 9.59 Å². The number of morpholine rings is 1. The van der Waals surface area contributed by atoms with Crippen molar-refractivity contribution >= 4 is 39.1 Å². The Balaban J connectivity index is 1.35. The van der Waals surface area contributed by atoms with E-state index in [2.05, 4.69) is 31.5 Å². The molecule has 160 valence electrons. The molecule has 1 saturated heterocycles. The minimum atomic E-state index is -0.0742. The van der Waals surface area contributed by atoms with Crippen molar-refractivity contribution in [2.45, 2.75) is 12.8 Å². The number of hydrogen-bond acceptors (Lipinski definition) is 5. The maximum absolute atomic E-state index is 12.1. The molecule has 2 amide bonds. The molecule has 7 nitrogen and oxygen atoms in total. The molecule has 8 heteroatoms. The van der Waals surface area contributed by atoms with E-state index < -0.39 is 0 Å². The van der Waals surface area contributed by atoms with Gasteiger partial charge in [0.1, 0.15) is 5.75 Å². The molecule has 0 aliphatic carbocycles. The van der Waals surface area contributed by atoms with Crippen molar-refractivity contribution in [3.8, 4) is 5.75 Å². The molecule has 2 aromatic carbocycles. The van der Waals surface area contributed by atoms with Gasteiger partial charge in [-0.15, -0.1) is 0 Å². The Labute approximate surface area is 184 Å². The number of amides is 2. The van der Waals surface area contributed by atoms with E-state index in [1.54, 1.807) is 24.3 Å². The fourth-order valence-electron chi connectivity index (χ4n) is 3.00. The maximum atomic E-state index is 12.1. The van der Waals surface area contributed by atoms with Gasteiger partial charge in [0.15, 0.2) is 0 Å². The number of carbonyl (C=O) groups is 2. The van der Waals surface area contributed by atoms with Crippen LogP contribution in [0.15, 0.2) is 53.0 Å². The van der Waals surface area contributed by atoms with Crippen molar-refractivity contribution in [1.82, 2.24) is 4.90 Å². The second-order valence-electron chi connectivity index (χ2n) is 6.94. The van der Waals surface area contributed by atoms with Gasteiger partial charge in [0.25, 0.3) is 0 Å². The van der Waals surface area contributed by atoms with E-state index >= 15 is 0 Å². The highest BCUT2D eigenvalue weighted by molar-refractivity contribution is 9.10. The Morgan fingerprint density at radius 2 is 1.60 bits per heavy atom. The van der Waals surface area contributed by atoms with Crippen molar-refractivity contribution in [3.63, 3.8) is 0 Å². The molecule has 0 bridgehead atoms. The highest BCUT2D eigenvalue weighted by Gasteiger charge is 2.14. The van der Waals surface area contributed by atoms with Gasteiger partial charge in [0, 0.05) is 30.9 Å². The zero-order chi connectivity index (χ0) is 21.2. The van der Waals surface area contributed by atoms with Gasteiger partial charge in [-0.3, -0.25) is 14.5 Å². The summed E-state index contributed by atoms with van der Waals surface area (Å²) in [5.74, 6) is 0.637. The first-order valence-corrected chi connectivity index (χ1v) is 10.8. The van der Waals surface area contributed by atoms with Gasteiger partial charge >= 0.3 is 0 Å². The summed E-state index contributed by atoms with van der Waals surface area (Å²) in [6, 6.07) is 14.7. The minimum Gasteiger partial charge on any atom is -0.492 e. The molecule has 2 N–H and O–H groups in total. The van der Waals surface area contributed by atoms with E-state index in [4.69, 9.17) is 9.47 Å². The highest BCUT2D eigenvalue weighted by Crippen LogP contribution is 2.24. The van der Waals surface area contributed by atoms with Crippen LogP contribution in [-0.4, -0.2) is 56.2 Å². The van der Waals surface area contributed by atoms with Crippen molar-refractivity contribution in [2.75, 3.05) is 50.1 Å². The van der Waals surface area contributed by atoms with Gasteiger partial charge in [0.2, 0.25) is 11.8 Å². The predicted octanol–water partition coefficient (Wildman–Crippen LogP) is 3.52. The van der Waals surface area contributed by atoms with Crippen LogP contribution in [0.4, 0.5) is 11.4 Å². The van der Waals surface area contributed by atoms with Crippen LogP contribution in [0, 0.1) is 0 Å². The minimum absolute atomic E-state index is 0.0567. The number of carbonyl (C=O) groups excluding carboxylic acids is 2. The van der Waals surface area contributed by atoms with Gasteiger partial charge in [-0.25, -0.2) is 0 Å². The molecule has 0 unspecified atom stereocenters. The van der Waals surface area contributed by atoms with E-state index in [0.29, 0.717) is 50.6 Å². The van der Waals surface area contributed by atoms with E-state index in [1.807, 2.05) is 24.3 Å². The molecule has 3 rings (SSSR count). The molecule has 1 aliphatic heterocycles. The van der Waals surface area contributed by atoms with E-state index in [1.165, 1.54) is 0 Å². The Bertz CT molecular complexity index is 839. The molecule has 0 aromatic heterocycles. The second-order valence-corrected chi connectivity index (χ2v) is 7.80. The summed E-state index contributed by atoms with van der Waals surface area (Å²) < 4.78 is 11.8. The van der Waals surface area contributed by atoms with Crippen LogP contribution >= 0.6 is 15.9 Å². The monoisotopic (exact) mass is 475 g/mol. The fourth-order valence-corrected chi connectivity index (χ4v) is 3.40. The lowest BCUT2D eigenvalue weighted by Gasteiger charge is -2.25. The van der Waals surface area contributed by atoms with Crippen LogP contribution in [0.2, 0.25) is 0 Å². The summed E-state index contributed by atoms with van der Waals surface area (Å²) in [4.78, 5) is 26.3. The summed E-state index contributed by atoms with van der Waals surface area (Å²) in [7, 11) is 0. The number of nitrogens with zero attached hydrogens (tertiary/aromatic N) is 1. The molecule has 1 aliphatic rings. The lowest BCUT2D eigenvalue weighted by Crippen LogP contribution is -2.41. The Hall–Kier alpha value is -2.42. The van der Waals surface area contributed by atoms with E-state index in [0.717, 1.165) is 23.3 Å². The average molecular weight is 476 g/mol. The zero-order valence-corrected chi connectivity index (χ0v) is 18.3. The van der Waals surface area contributed by atoms with Crippen LogP contribution in [0.25, 0.3) is 0 Å². The van der Waals surface area contributed by atoms with Crippen molar-refractivity contribution in [1.29, 1.82) is 0 Å². The standard InChI is InChI=1S/C22H26BrN3O4/c23-19-4-1-2-5-20(19)30-13-3-6-21(27)24-17-7-9-18(10-8-17)25-22(28)16-26-11-14-29-15-12-26/h1-2,4-5,7-10H,3,6,11-16H2,(H,24,27)(H,25,28). The van der Waals surface area contributed by atoms with Crippen LogP contribution in [0.1, 0.15) is 12.8 Å². The normalized spacial score (nSPS) is 14.2. The third kappa shape index (κ3) is 7.44. The first kappa shape index (κ1) is 22.3. The predicted molar refractivity (Wildman–Crippen MR) is 120 cm³/mol.